The summed E-state index contributed by atoms with van der Waals surface area (Å²) in [6.45, 7) is 0.506. The van der Waals surface area contributed by atoms with E-state index in [9.17, 15) is 28.1 Å². The summed E-state index contributed by atoms with van der Waals surface area (Å²) in [5.74, 6) is -0.329. The van der Waals surface area contributed by atoms with Gasteiger partial charge in [0.25, 0.3) is 11.2 Å². The van der Waals surface area contributed by atoms with E-state index in [0.717, 1.165) is 29.4 Å². The van der Waals surface area contributed by atoms with Crippen molar-refractivity contribution in [1.82, 2.24) is 18.8 Å². The maximum atomic E-state index is 13.1. The first-order valence-corrected chi connectivity index (χ1v) is 12.7. The fourth-order valence-corrected chi connectivity index (χ4v) is 6.13. The van der Waals surface area contributed by atoms with Crippen LogP contribution in [0.2, 0.25) is 0 Å². The first-order valence-electron chi connectivity index (χ1n) is 11.3. The third-order valence-electron chi connectivity index (χ3n) is 6.62. The standard InChI is InChI=1S/C23H23N5O6S/c29-22(14-26-15-24-21-13-18(28(31)32)5-7-20(21)23(26)30)25-8-10-27(11-9-25)35(33,34)19-6-4-16-2-1-3-17(16)12-19/h4-7,12-13,15H,1-3,8-11,14H2. The molecule has 1 fully saturated rings. The molecule has 3 aromatic rings. The molecular formula is C23H23N5O6S. The largest absolute Gasteiger partial charge is 0.338 e. The van der Waals surface area contributed by atoms with Gasteiger partial charge in [0.05, 0.1) is 27.0 Å². The van der Waals surface area contributed by atoms with Gasteiger partial charge in [-0.2, -0.15) is 4.31 Å². The van der Waals surface area contributed by atoms with Gasteiger partial charge in [-0.1, -0.05) is 6.07 Å². The number of amides is 1. The monoisotopic (exact) mass is 497 g/mol. The number of nitro benzene ring substituents is 1. The minimum absolute atomic E-state index is 0.166. The van der Waals surface area contributed by atoms with Crippen LogP contribution in [-0.4, -0.2) is 64.2 Å². The number of fused-ring (bicyclic) bond motifs is 2. The second-order valence-corrected chi connectivity index (χ2v) is 10.6. The lowest BCUT2D eigenvalue weighted by Gasteiger charge is -2.34. The number of nitro groups is 1. The third-order valence-corrected chi connectivity index (χ3v) is 8.52. The Morgan fingerprint density at radius 3 is 2.51 bits per heavy atom. The van der Waals surface area contributed by atoms with Gasteiger partial charge in [-0.05, 0) is 48.6 Å². The average Bonchev–Trinajstić information content (AvgIpc) is 3.33. The number of non-ortho nitro benzene ring substituents is 1. The maximum Gasteiger partial charge on any atom is 0.271 e. The quantitative estimate of drug-likeness (QED) is 0.383. The van der Waals surface area contributed by atoms with Gasteiger partial charge in [-0.25, -0.2) is 13.4 Å². The molecule has 0 saturated carbocycles. The van der Waals surface area contributed by atoms with E-state index in [4.69, 9.17) is 0 Å². The zero-order valence-electron chi connectivity index (χ0n) is 18.8. The van der Waals surface area contributed by atoms with Crippen LogP contribution in [0.25, 0.3) is 10.9 Å². The summed E-state index contributed by atoms with van der Waals surface area (Å²) >= 11 is 0. The van der Waals surface area contributed by atoms with E-state index in [1.807, 2.05) is 6.07 Å². The van der Waals surface area contributed by atoms with Gasteiger partial charge in [0.15, 0.2) is 0 Å². The summed E-state index contributed by atoms with van der Waals surface area (Å²) in [6, 6.07) is 9.07. The first-order chi connectivity index (χ1) is 16.7. The number of nitrogens with zero attached hydrogens (tertiary/aromatic N) is 5. The number of hydrogen-bond donors (Lipinski definition) is 0. The van der Waals surface area contributed by atoms with Crippen molar-refractivity contribution in [2.75, 3.05) is 26.2 Å². The van der Waals surface area contributed by atoms with Crippen LogP contribution < -0.4 is 5.56 Å². The van der Waals surface area contributed by atoms with Crippen LogP contribution in [0.3, 0.4) is 0 Å². The lowest BCUT2D eigenvalue weighted by atomic mass is 10.1. The van der Waals surface area contributed by atoms with E-state index in [-0.39, 0.29) is 60.1 Å². The number of rotatable bonds is 5. The number of aromatic nitrogens is 2. The Hall–Kier alpha value is -3.64. The Balaban J connectivity index is 1.26. The summed E-state index contributed by atoms with van der Waals surface area (Å²) in [6.07, 6.45) is 4.10. The SMILES string of the molecule is O=C(Cn1cnc2cc([N+](=O)[O-])ccc2c1=O)N1CCN(S(=O)(=O)c2ccc3c(c2)CCC3)CC1. The number of carbonyl (C=O) groups excluding carboxylic acids is 1. The number of benzene rings is 2. The smallest absolute Gasteiger partial charge is 0.271 e. The van der Waals surface area contributed by atoms with Crippen LogP contribution in [0, 0.1) is 10.1 Å². The van der Waals surface area contributed by atoms with E-state index < -0.39 is 20.5 Å². The predicted molar refractivity (Wildman–Crippen MR) is 126 cm³/mol. The van der Waals surface area contributed by atoms with Crippen molar-refractivity contribution in [3.05, 3.63) is 74.3 Å². The van der Waals surface area contributed by atoms with Crippen molar-refractivity contribution in [3.8, 4) is 0 Å². The third kappa shape index (κ3) is 4.30. The van der Waals surface area contributed by atoms with Crippen LogP contribution in [0.1, 0.15) is 17.5 Å². The Bertz CT molecular complexity index is 1510. The highest BCUT2D eigenvalue weighted by atomic mass is 32.2. The van der Waals surface area contributed by atoms with Crippen molar-refractivity contribution in [1.29, 1.82) is 0 Å². The summed E-state index contributed by atoms with van der Waals surface area (Å²) in [7, 11) is -3.65. The van der Waals surface area contributed by atoms with Gasteiger partial charge in [0.2, 0.25) is 15.9 Å². The fraction of sp³-hybridized carbons (Fsp3) is 0.348. The van der Waals surface area contributed by atoms with Gasteiger partial charge < -0.3 is 4.90 Å². The molecule has 2 heterocycles. The summed E-state index contributed by atoms with van der Waals surface area (Å²) in [5.41, 5.74) is 1.82. The Kier molecular flexibility index (Phi) is 5.85. The van der Waals surface area contributed by atoms with Crippen molar-refractivity contribution in [2.45, 2.75) is 30.7 Å². The van der Waals surface area contributed by atoms with Crippen molar-refractivity contribution >= 4 is 32.5 Å². The van der Waals surface area contributed by atoms with Crippen LogP contribution >= 0.6 is 0 Å². The average molecular weight is 498 g/mol. The highest BCUT2D eigenvalue weighted by Gasteiger charge is 2.31. The predicted octanol–water partition coefficient (Wildman–Crippen LogP) is 1.33. The van der Waals surface area contributed by atoms with Gasteiger partial charge in [0.1, 0.15) is 6.54 Å². The Morgan fingerprint density at radius 2 is 1.77 bits per heavy atom. The molecule has 2 aliphatic rings. The van der Waals surface area contributed by atoms with Crippen molar-refractivity contribution < 1.29 is 18.1 Å². The second kappa shape index (κ2) is 8.86. The highest BCUT2D eigenvalue weighted by molar-refractivity contribution is 7.89. The second-order valence-electron chi connectivity index (χ2n) is 8.71. The molecule has 2 aromatic carbocycles. The lowest BCUT2D eigenvalue weighted by Crippen LogP contribution is -2.51. The zero-order valence-corrected chi connectivity index (χ0v) is 19.6. The molecule has 11 nitrogen and oxygen atoms in total. The minimum Gasteiger partial charge on any atom is -0.338 e. The number of hydrogen-bond acceptors (Lipinski definition) is 7. The van der Waals surface area contributed by atoms with E-state index >= 15 is 0 Å². The molecule has 0 radical (unpaired) electrons. The summed E-state index contributed by atoms with van der Waals surface area (Å²) in [5, 5.41) is 11.1. The highest BCUT2D eigenvalue weighted by Crippen LogP contribution is 2.26. The van der Waals surface area contributed by atoms with Gasteiger partial charge in [-0.15, -0.1) is 0 Å². The van der Waals surface area contributed by atoms with E-state index in [2.05, 4.69) is 4.98 Å². The molecule has 0 spiro atoms. The van der Waals surface area contributed by atoms with Gasteiger partial charge in [-0.3, -0.25) is 24.3 Å². The molecule has 1 saturated heterocycles. The molecule has 0 bridgehead atoms. The van der Waals surface area contributed by atoms with Gasteiger partial charge >= 0.3 is 0 Å². The van der Waals surface area contributed by atoms with E-state index in [1.54, 1.807) is 12.1 Å². The number of piperazine rings is 1. The molecule has 0 atom stereocenters. The molecule has 1 amide bonds. The molecule has 5 rings (SSSR count). The van der Waals surface area contributed by atoms with E-state index in [0.29, 0.717) is 0 Å². The first kappa shape index (κ1) is 23.1. The number of aryl methyl sites for hydroxylation is 2. The van der Waals surface area contributed by atoms with Crippen LogP contribution in [0.4, 0.5) is 5.69 Å². The molecule has 1 aliphatic carbocycles. The maximum absolute atomic E-state index is 13.1. The molecule has 0 unspecified atom stereocenters. The summed E-state index contributed by atoms with van der Waals surface area (Å²) < 4.78 is 28.8. The Labute approximate surface area is 200 Å². The molecule has 12 heteroatoms. The van der Waals surface area contributed by atoms with E-state index in [1.165, 1.54) is 39.3 Å². The van der Waals surface area contributed by atoms with Crippen LogP contribution in [0.5, 0.6) is 0 Å². The number of sulfonamides is 1. The fourth-order valence-electron chi connectivity index (χ4n) is 4.65. The molecule has 1 aromatic heterocycles. The zero-order chi connectivity index (χ0) is 24.7. The topological polar surface area (TPSA) is 136 Å². The molecule has 35 heavy (non-hydrogen) atoms. The minimum atomic E-state index is -3.65. The summed E-state index contributed by atoms with van der Waals surface area (Å²) in [4.78, 5) is 41.8. The molecule has 182 valence electrons. The molecule has 1 aliphatic heterocycles. The van der Waals surface area contributed by atoms with Crippen molar-refractivity contribution in [2.24, 2.45) is 0 Å². The van der Waals surface area contributed by atoms with Crippen LogP contribution in [-0.2, 0) is 34.2 Å². The van der Waals surface area contributed by atoms with Crippen molar-refractivity contribution in [3.63, 3.8) is 0 Å². The lowest BCUT2D eigenvalue weighted by molar-refractivity contribution is -0.384. The molecular weight excluding hydrogens is 474 g/mol. The normalized spacial score (nSPS) is 16.4. The number of carbonyl (C=O) groups is 1. The Morgan fingerprint density at radius 1 is 1.03 bits per heavy atom. The van der Waals surface area contributed by atoms with Gasteiger partial charge in [0, 0.05) is 38.3 Å². The van der Waals surface area contributed by atoms with Crippen LogP contribution in [0.15, 0.2) is 52.4 Å². The molecule has 0 N–H and O–H groups in total.